The molecule has 2 N–H and O–H groups in total. The van der Waals surface area contributed by atoms with Crippen molar-refractivity contribution in [3.05, 3.63) is 62.5 Å². The Kier molecular flexibility index (Phi) is 8.33. The molecule has 0 fully saturated rings. The predicted octanol–water partition coefficient (Wildman–Crippen LogP) is 2.17. The predicted molar refractivity (Wildman–Crippen MR) is 101 cm³/mol. The topological polar surface area (TPSA) is 128 Å². The zero-order valence-corrected chi connectivity index (χ0v) is 16.4. The van der Waals surface area contributed by atoms with E-state index in [9.17, 15) is 19.7 Å². The molecule has 1 aliphatic heterocycles. The third kappa shape index (κ3) is 4.74. The largest absolute Gasteiger partial charge is 0.466 e. The molecule has 0 spiro atoms. The number of hydrogen-bond acceptors (Lipinski definition) is 8. The number of hydrogen-bond donors (Lipinski definition) is 2. The van der Waals surface area contributed by atoms with Crippen LogP contribution >= 0.6 is 0 Å². The van der Waals surface area contributed by atoms with Gasteiger partial charge in [-0.25, -0.2) is 9.59 Å². The van der Waals surface area contributed by atoms with Crippen molar-refractivity contribution in [1.29, 1.82) is 0 Å². The molecule has 1 heterocycles. The molecule has 0 radical (unpaired) electrons. The van der Waals surface area contributed by atoms with Gasteiger partial charge in [0.05, 0.1) is 36.2 Å². The van der Waals surface area contributed by atoms with Crippen LogP contribution in [0.3, 0.4) is 0 Å². The minimum atomic E-state index is -0.970. The maximum Gasteiger partial charge on any atom is 0.336 e. The Morgan fingerprint density at radius 1 is 1.11 bits per heavy atom. The van der Waals surface area contributed by atoms with E-state index in [1.165, 1.54) is 32.4 Å². The number of nitro benzene ring substituents is 1. The van der Waals surface area contributed by atoms with E-state index < -0.39 is 22.8 Å². The van der Waals surface area contributed by atoms with Crippen LogP contribution in [0.4, 0.5) is 5.69 Å². The lowest BCUT2D eigenvalue weighted by atomic mass is 9.79. The van der Waals surface area contributed by atoms with Crippen LogP contribution in [0.15, 0.2) is 46.8 Å². The first-order valence-corrected chi connectivity index (χ1v) is 8.44. The molecule has 1 aromatic rings. The molecule has 0 atom stereocenters. The van der Waals surface area contributed by atoms with Gasteiger partial charge in [-0.1, -0.05) is 18.2 Å². The summed E-state index contributed by atoms with van der Waals surface area (Å²) in [6.45, 7) is 5.22. The van der Waals surface area contributed by atoms with Gasteiger partial charge in [-0.3, -0.25) is 10.1 Å². The average Bonchev–Trinajstić information content (AvgIpc) is 2.66. The van der Waals surface area contributed by atoms with Gasteiger partial charge in [-0.05, 0) is 20.8 Å². The van der Waals surface area contributed by atoms with E-state index in [4.69, 9.17) is 14.6 Å². The molecule has 0 aromatic heterocycles. The van der Waals surface area contributed by atoms with Crippen LogP contribution in [0.25, 0.3) is 0 Å². The lowest BCUT2D eigenvalue weighted by molar-refractivity contribution is -0.385. The second-order valence-corrected chi connectivity index (χ2v) is 5.75. The van der Waals surface area contributed by atoms with Crippen LogP contribution in [0.1, 0.15) is 32.3 Å². The quantitative estimate of drug-likeness (QED) is 0.453. The molecule has 0 amide bonds. The Bertz CT molecular complexity index is 789. The maximum absolute atomic E-state index is 12.3. The third-order valence-corrected chi connectivity index (χ3v) is 4.02. The van der Waals surface area contributed by atoms with E-state index >= 15 is 0 Å². The first-order valence-electron chi connectivity index (χ1n) is 8.44. The summed E-state index contributed by atoms with van der Waals surface area (Å²) < 4.78 is 9.66. The van der Waals surface area contributed by atoms with Crippen molar-refractivity contribution in [3.8, 4) is 0 Å². The zero-order chi connectivity index (χ0) is 21.4. The smallest absolute Gasteiger partial charge is 0.336 e. The van der Waals surface area contributed by atoms with Gasteiger partial charge in [-0.2, -0.15) is 0 Å². The molecule has 0 saturated carbocycles. The number of benzene rings is 1. The molecular formula is C19H24N2O7. The molecular weight excluding hydrogens is 368 g/mol. The number of ether oxygens (including phenoxy) is 2. The van der Waals surface area contributed by atoms with Crippen molar-refractivity contribution in [3.63, 3.8) is 0 Å². The number of nitro groups is 1. The van der Waals surface area contributed by atoms with Gasteiger partial charge in [0, 0.05) is 29.6 Å². The number of nitrogens with zero attached hydrogens (tertiary/aromatic N) is 1. The number of para-hydroxylation sites is 1. The number of rotatable bonds is 4. The molecule has 1 aromatic carbocycles. The van der Waals surface area contributed by atoms with Crippen molar-refractivity contribution < 1.29 is 29.1 Å². The number of aliphatic hydroxyl groups is 1. The second-order valence-electron chi connectivity index (χ2n) is 5.75. The van der Waals surface area contributed by atoms with Gasteiger partial charge in [0.2, 0.25) is 0 Å². The monoisotopic (exact) mass is 392 g/mol. The lowest BCUT2D eigenvalue weighted by Gasteiger charge is -2.29. The normalized spacial score (nSPS) is 13.9. The van der Waals surface area contributed by atoms with Crippen LogP contribution in [0, 0.1) is 10.1 Å². The van der Waals surface area contributed by atoms with Gasteiger partial charge >= 0.3 is 11.9 Å². The highest BCUT2D eigenvalue weighted by Crippen LogP contribution is 2.42. The zero-order valence-electron chi connectivity index (χ0n) is 16.4. The van der Waals surface area contributed by atoms with Gasteiger partial charge in [-0.15, -0.1) is 0 Å². The lowest BCUT2D eigenvalue weighted by Crippen LogP contribution is -2.32. The molecule has 9 nitrogen and oxygen atoms in total. The van der Waals surface area contributed by atoms with Crippen molar-refractivity contribution in [1.82, 2.24) is 5.32 Å². The fourth-order valence-electron chi connectivity index (χ4n) is 2.96. The summed E-state index contributed by atoms with van der Waals surface area (Å²) in [4.78, 5) is 35.6. The van der Waals surface area contributed by atoms with Gasteiger partial charge in [0.1, 0.15) is 0 Å². The van der Waals surface area contributed by atoms with Gasteiger partial charge in [0.15, 0.2) is 0 Å². The summed E-state index contributed by atoms with van der Waals surface area (Å²) in [5.41, 5.74) is 1.19. The first kappa shape index (κ1) is 22.8. The minimum Gasteiger partial charge on any atom is -0.466 e. The summed E-state index contributed by atoms with van der Waals surface area (Å²) >= 11 is 0. The average molecular weight is 392 g/mol. The molecule has 1 aliphatic rings. The fourth-order valence-corrected chi connectivity index (χ4v) is 2.96. The summed E-state index contributed by atoms with van der Waals surface area (Å²) in [5, 5.41) is 22.0. The Hall–Kier alpha value is -3.20. The van der Waals surface area contributed by atoms with E-state index in [-0.39, 0.29) is 29.0 Å². The van der Waals surface area contributed by atoms with Gasteiger partial charge in [0.25, 0.3) is 5.69 Å². The summed E-state index contributed by atoms with van der Waals surface area (Å²) in [6.07, 6.45) is 0. The Morgan fingerprint density at radius 3 is 1.93 bits per heavy atom. The molecule has 0 bridgehead atoms. The molecule has 2 rings (SSSR count). The molecule has 0 saturated heterocycles. The number of allylic oxidation sites excluding steroid dienone is 2. The Morgan fingerprint density at radius 2 is 1.54 bits per heavy atom. The van der Waals surface area contributed by atoms with E-state index in [0.717, 1.165) is 0 Å². The molecule has 0 aliphatic carbocycles. The van der Waals surface area contributed by atoms with Crippen LogP contribution in [-0.2, 0) is 19.1 Å². The molecule has 9 heteroatoms. The van der Waals surface area contributed by atoms with E-state index in [0.29, 0.717) is 11.4 Å². The number of methoxy groups -OCH3 is 2. The highest BCUT2D eigenvalue weighted by molar-refractivity contribution is 6.00. The van der Waals surface area contributed by atoms with Crippen LogP contribution in [-0.4, -0.2) is 42.8 Å². The Labute approximate surface area is 162 Å². The number of carbonyl (C=O) groups is 2. The SMILES string of the molecule is CCO.COC(=O)C1=C(C)NC(C)=C(C(=O)OC)C1c1ccccc1[N+](=O)[O-]. The van der Waals surface area contributed by atoms with Crippen molar-refractivity contribution in [2.24, 2.45) is 0 Å². The first-order chi connectivity index (χ1) is 13.2. The standard InChI is InChI=1S/C17H18N2O6.C2H6O/c1-9-13(16(20)24-3)15(14(10(2)18-9)17(21)25-4)11-7-5-6-8-12(11)19(22)23;1-2-3/h5-8,15,18H,1-4H3;3H,2H2,1H3. The summed E-state index contributed by atoms with van der Waals surface area (Å²) in [7, 11) is 2.42. The molecule has 152 valence electrons. The summed E-state index contributed by atoms with van der Waals surface area (Å²) in [6, 6.07) is 5.97. The number of nitrogens with one attached hydrogen (secondary N) is 1. The third-order valence-electron chi connectivity index (χ3n) is 4.02. The highest BCUT2D eigenvalue weighted by Gasteiger charge is 2.40. The van der Waals surface area contributed by atoms with Gasteiger partial charge < -0.3 is 19.9 Å². The number of dihydropyridines is 1. The second kappa shape index (κ2) is 10.2. The van der Waals surface area contributed by atoms with Crippen LogP contribution in [0.5, 0.6) is 0 Å². The minimum absolute atomic E-state index is 0.128. The van der Waals surface area contributed by atoms with E-state index in [1.807, 2.05) is 0 Å². The van der Waals surface area contributed by atoms with Crippen molar-refractivity contribution >= 4 is 17.6 Å². The van der Waals surface area contributed by atoms with Crippen LogP contribution < -0.4 is 5.32 Å². The Balaban J connectivity index is 0.00000122. The number of esters is 2. The van der Waals surface area contributed by atoms with Crippen molar-refractivity contribution in [2.45, 2.75) is 26.7 Å². The van der Waals surface area contributed by atoms with E-state index in [1.54, 1.807) is 26.8 Å². The molecule has 28 heavy (non-hydrogen) atoms. The maximum atomic E-state index is 12.3. The van der Waals surface area contributed by atoms with E-state index in [2.05, 4.69) is 5.32 Å². The number of carbonyl (C=O) groups excluding carboxylic acids is 2. The van der Waals surface area contributed by atoms with Crippen molar-refractivity contribution in [2.75, 3.05) is 20.8 Å². The highest BCUT2D eigenvalue weighted by atomic mass is 16.6. The fraction of sp³-hybridized carbons (Fsp3) is 0.368. The number of aliphatic hydroxyl groups excluding tert-OH is 1. The molecule has 0 unspecified atom stereocenters. The van der Waals surface area contributed by atoms with Crippen LogP contribution in [0.2, 0.25) is 0 Å². The summed E-state index contributed by atoms with van der Waals surface area (Å²) in [5.74, 6) is -2.33.